The van der Waals surface area contributed by atoms with Gasteiger partial charge in [0.2, 0.25) is 0 Å². The van der Waals surface area contributed by atoms with Crippen molar-refractivity contribution >= 4 is 33.9 Å². The maximum absolute atomic E-state index is 12.7. The Kier molecular flexibility index (Phi) is 4.95. The number of ether oxygens (including phenoxy) is 1. The number of thiocarbonyl (C=S) groups is 1. The lowest BCUT2D eigenvalue weighted by Crippen LogP contribution is -2.37. The largest absolute Gasteiger partial charge is 0.492 e. The highest BCUT2D eigenvalue weighted by Gasteiger charge is 2.10. The van der Waals surface area contributed by atoms with Crippen molar-refractivity contribution in [3.05, 3.63) is 64.7 Å². The van der Waals surface area contributed by atoms with E-state index in [0.717, 1.165) is 5.69 Å². The number of fused-ring (bicyclic) bond motifs is 1. The first-order valence-electron chi connectivity index (χ1n) is 7.88. The monoisotopic (exact) mass is 354 g/mol. The van der Waals surface area contributed by atoms with Crippen LogP contribution >= 0.6 is 12.2 Å². The number of rotatable bonds is 4. The van der Waals surface area contributed by atoms with Gasteiger partial charge in [0.1, 0.15) is 11.6 Å². The highest BCUT2D eigenvalue weighted by molar-refractivity contribution is 7.80. The minimum atomic E-state index is -0.203. The third-order valence-corrected chi connectivity index (χ3v) is 3.79. The van der Waals surface area contributed by atoms with Gasteiger partial charge in [0.05, 0.1) is 23.2 Å². The van der Waals surface area contributed by atoms with Crippen molar-refractivity contribution < 1.29 is 4.74 Å². The molecule has 0 radical (unpaired) electrons. The van der Waals surface area contributed by atoms with E-state index in [-0.39, 0.29) is 10.7 Å². The van der Waals surface area contributed by atoms with Crippen molar-refractivity contribution in [2.75, 3.05) is 17.3 Å². The van der Waals surface area contributed by atoms with Gasteiger partial charge in [-0.25, -0.2) is 9.66 Å². The van der Waals surface area contributed by atoms with Gasteiger partial charge in [0.15, 0.2) is 5.11 Å². The van der Waals surface area contributed by atoms with Crippen molar-refractivity contribution in [1.29, 1.82) is 0 Å². The second-order valence-corrected chi connectivity index (χ2v) is 5.72. The number of para-hydroxylation sites is 3. The van der Waals surface area contributed by atoms with Crippen LogP contribution in [0.25, 0.3) is 10.9 Å². The Morgan fingerprint density at radius 3 is 2.72 bits per heavy atom. The Morgan fingerprint density at radius 1 is 1.20 bits per heavy atom. The predicted octanol–water partition coefficient (Wildman–Crippen LogP) is 3.04. The number of nitrogens with one attached hydrogen (secondary N) is 2. The summed E-state index contributed by atoms with van der Waals surface area (Å²) in [7, 11) is 0. The Hall–Kier alpha value is -2.93. The normalized spacial score (nSPS) is 10.5. The van der Waals surface area contributed by atoms with E-state index in [1.807, 2.05) is 43.3 Å². The van der Waals surface area contributed by atoms with E-state index in [2.05, 4.69) is 15.7 Å². The quantitative estimate of drug-likeness (QED) is 0.702. The van der Waals surface area contributed by atoms with Crippen molar-refractivity contribution in [2.45, 2.75) is 13.8 Å². The molecule has 6 nitrogen and oxygen atoms in total. The molecule has 0 spiro atoms. The van der Waals surface area contributed by atoms with Gasteiger partial charge in [0.25, 0.3) is 5.56 Å². The van der Waals surface area contributed by atoms with Crippen LogP contribution in [0.3, 0.4) is 0 Å². The predicted molar refractivity (Wildman–Crippen MR) is 104 cm³/mol. The van der Waals surface area contributed by atoms with Crippen LogP contribution in [0.1, 0.15) is 12.7 Å². The minimum Gasteiger partial charge on any atom is -0.492 e. The molecule has 0 atom stereocenters. The van der Waals surface area contributed by atoms with Crippen molar-refractivity contribution in [3.63, 3.8) is 0 Å². The van der Waals surface area contributed by atoms with Gasteiger partial charge >= 0.3 is 0 Å². The molecule has 0 fully saturated rings. The molecule has 3 aromatic rings. The van der Waals surface area contributed by atoms with E-state index in [1.54, 1.807) is 19.1 Å². The van der Waals surface area contributed by atoms with Gasteiger partial charge in [-0.1, -0.05) is 24.3 Å². The third kappa shape index (κ3) is 3.61. The van der Waals surface area contributed by atoms with E-state index < -0.39 is 0 Å². The molecule has 0 unspecified atom stereocenters. The molecule has 0 bridgehead atoms. The number of benzene rings is 2. The topological polar surface area (TPSA) is 68.2 Å². The van der Waals surface area contributed by atoms with Gasteiger partial charge < -0.3 is 10.1 Å². The molecule has 1 heterocycles. The molecule has 7 heteroatoms. The van der Waals surface area contributed by atoms with Gasteiger partial charge in [-0.15, -0.1) is 0 Å². The zero-order chi connectivity index (χ0) is 17.8. The van der Waals surface area contributed by atoms with Gasteiger partial charge in [-0.3, -0.25) is 10.2 Å². The molecular formula is C18H18N4O2S. The van der Waals surface area contributed by atoms with Gasteiger partial charge in [-0.05, 0) is 50.3 Å². The Morgan fingerprint density at radius 2 is 1.92 bits per heavy atom. The summed E-state index contributed by atoms with van der Waals surface area (Å²) in [5.41, 5.74) is 4.07. The molecular weight excluding hydrogens is 336 g/mol. The fourth-order valence-electron chi connectivity index (χ4n) is 2.48. The van der Waals surface area contributed by atoms with Crippen LogP contribution in [-0.4, -0.2) is 21.4 Å². The zero-order valence-corrected chi connectivity index (χ0v) is 14.8. The molecule has 128 valence electrons. The SMILES string of the molecule is CCOc1ccccc1NC(=S)Nn1c(C)nc2ccccc2c1=O. The molecule has 0 aliphatic carbocycles. The summed E-state index contributed by atoms with van der Waals surface area (Å²) >= 11 is 5.34. The summed E-state index contributed by atoms with van der Waals surface area (Å²) in [6, 6.07) is 14.7. The molecule has 0 aliphatic heterocycles. The standard InChI is InChI=1S/C18H18N4O2S/c1-3-24-16-11-7-6-10-15(16)20-18(25)21-22-12(2)19-14-9-5-4-8-13(14)17(22)23/h4-11H,3H2,1-2H3,(H2,20,21,25). The first kappa shape index (κ1) is 16.9. The van der Waals surface area contributed by atoms with Crippen molar-refractivity contribution in [3.8, 4) is 5.75 Å². The van der Waals surface area contributed by atoms with Gasteiger partial charge in [0, 0.05) is 0 Å². The van der Waals surface area contributed by atoms with Crippen LogP contribution in [0.2, 0.25) is 0 Å². The second kappa shape index (κ2) is 7.31. The lowest BCUT2D eigenvalue weighted by molar-refractivity contribution is 0.342. The number of aryl methyl sites for hydroxylation is 1. The zero-order valence-electron chi connectivity index (χ0n) is 13.9. The molecule has 2 aromatic carbocycles. The van der Waals surface area contributed by atoms with Gasteiger partial charge in [-0.2, -0.15) is 0 Å². The fourth-order valence-corrected chi connectivity index (χ4v) is 2.68. The molecule has 0 aliphatic rings. The van der Waals surface area contributed by atoms with E-state index in [0.29, 0.717) is 29.1 Å². The summed E-state index contributed by atoms with van der Waals surface area (Å²) in [5, 5.41) is 3.85. The Labute approximate surface area is 150 Å². The highest BCUT2D eigenvalue weighted by Crippen LogP contribution is 2.23. The Balaban J connectivity index is 1.87. The number of anilines is 1. The molecule has 0 saturated carbocycles. The number of hydrogen-bond donors (Lipinski definition) is 2. The summed E-state index contributed by atoms with van der Waals surface area (Å²) in [4.78, 5) is 17.1. The number of nitrogens with zero attached hydrogens (tertiary/aromatic N) is 2. The van der Waals surface area contributed by atoms with E-state index in [4.69, 9.17) is 17.0 Å². The maximum Gasteiger partial charge on any atom is 0.280 e. The van der Waals surface area contributed by atoms with E-state index in [1.165, 1.54) is 4.68 Å². The van der Waals surface area contributed by atoms with E-state index in [9.17, 15) is 4.79 Å². The first-order valence-corrected chi connectivity index (χ1v) is 8.29. The van der Waals surface area contributed by atoms with Crippen LogP contribution in [0, 0.1) is 6.92 Å². The summed E-state index contributed by atoms with van der Waals surface area (Å²) in [6.07, 6.45) is 0. The lowest BCUT2D eigenvalue weighted by Gasteiger charge is -2.16. The van der Waals surface area contributed by atoms with E-state index >= 15 is 0 Å². The van der Waals surface area contributed by atoms with Crippen LogP contribution in [0.15, 0.2) is 53.3 Å². The first-order chi connectivity index (χ1) is 12.1. The van der Waals surface area contributed by atoms with Crippen LogP contribution < -0.4 is 21.0 Å². The fraction of sp³-hybridized carbons (Fsp3) is 0.167. The average Bonchev–Trinajstić information content (AvgIpc) is 2.60. The third-order valence-electron chi connectivity index (χ3n) is 3.59. The highest BCUT2D eigenvalue weighted by atomic mass is 32.1. The molecule has 0 saturated heterocycles. The summed E-state index contributed by atoms with van der Waals surface area (Å²) in [6.45, 7) is 4.21. The lowest BCUT2D eigenvalue weighted by atomic mass is 10.2. The maximum atomic E-state index is 12.7. The van der Waals surface area contributed by atoms with Crippen LogP contribution in [0.5, 0.6) is 5.75 Å². The molecule has 0 amide bonds. The summed E-state index contributed by atoms with van der Waals surface area (Å²) in [5.74, 6) is 1.21. The second-order valence-electron chi connectivity index (χ2n) is 5.31. The van der Waals surface area contributed by atoms with Crippen molar-refractivity contribution in [1.82, 2.24) is 9.66 Å². The van der Waals surface area contributed by atoms with Crippen LogP contribution in [0.4, 0.5) is 5.69 Å². The molecule has 3 rings (SSSR count). The molecule has 1 aromatic heterocycles. The van der Waals surface area contributed by atoms with Crippen LogP contribution in [-0.2, 0) is 0 Å². The Bertz CT molecular complexity index is 984. The average molecular weight is 354 g/mol. The smallest absolute Gasteiger partial charge is 0.280 e. The molecule has 2 N–H and O–H groups in total. The number of aromatic nitrogens is 2. The summed E-state index contributed by atoms with van der Waals surface area (Å²) < 4.78 is 6.90. The molecule has 25 heavy (non-hydrogen) atoms. The van der Waals surface area contributed by atoms with Crippen molar-refractivity contribution in [2.24, 2.45) is 0 Å². The number of hydrogen-bond acceptors (Lipinski definition) is 4. The minimum absolute atomic E-state index is 0.203.